The zero-order valence-electron chi connectivity index (χ0n) is 10.2. The summed E-state index contributed by atoms with van der Waals surface area (Å²) < 4.78 is 0. The highest BCUT2D eigenvalue weighted by atomic mass is 35.5. The van der Waals surface area contributed by atoms with E-state index in [4.69, 9.17) is 11.6 Å². The molecule has 1 aromatic rings. The van der Waals surface area contributed by atoms with Gasteiger partial charge >= 0.3 is 0 Å². The van der Waals surface area contributed by atoms with Crippen molar-refractivity contribution < 1.29 is 4.92 Å². The van der Waals surface area contributed by atoms with Gasteiger partial charge in [-0.25, -0.2) is 0 Å². The summed E-state index contributed by atoms with van der Waals surface area (Å²) >= 11 is 5.94. The van der Waals surface area contributed by atoms with Gasteiger partial charge in [0.2, 0.25) is 0 Å². The van der Waals surface area contributed by atoms with E-state index in [0.717, 1.165) is 31.5 Å². The van der Waals surface area contributed by atoms with Crippen molar-refractivity contribution in [1.29, 1.82) is 0 Å². The fourth-order valence-electron chi connectivity index (χ4n) is 2.14. The third-order valence-corrected chi connectivity index (χ3v) is 3.41. The summed E-state index contributed by atoms with van der Waals surface area (Å²) in [5.74, 6) is 0. The van der Waals surface area contributed by atoms with E-state index in [9.17, 15) is 10.1 Å². The molecule has 96 valence electrons. The number of nitro benzene ring substituents is 1. The van der Waals surface area contributed by atoms with Gasteiger partial charge in [-0.1, -0.05) is 23.3 Å². The van der Waals surface area contributed by atoms with Crippen LogP contribution in [-0.2, 0) is 0 Å². The van der Waals surface area contributed by atoms with Crippen LogP contribution in [0.15, 0.2) is 17.7 Å². The highest BCUT2D eigenvalue weighted by Crippen LogP contribution is 2.29. The molecule has 1 aliphatic heterocycles. The van der Waals surface area contributed by atoms with Gasteiger partial charge in [0.15, 0.2) is 0 Å². The maximum atomic E-state index is 10.9. The number of piperidine rings is 1. The van der Waals surface area contributed by atoms with Gasteiger partial charge in [0, 0.05) is 16.7 Å². The second-order valence-corrected chi connectivity index (χ2v) is 4.89. The number of nitrogens with one attached hydrogen (secondary N) is 1. The predicted octanol–water partition coefficient (Wildman–Crippen LogP) is 3.32. The van der Waals surface area contributed by atoms with Crippen LogP contribution in [0.25, 0.3) is 6.08 Å². The minimum absolute atomic E-state index is 0.0864. The molecule has 4 nitrogen and oxygen atoms in total. The normalized spacial score (nSPS) is 15.6. The van der Waals surface area contributed by atoms with Crippen molar-refractivity contribution >= 4 is 23.4 Å². The van der Waals surface area contributed by atoms with Gasteiger partial charge in [-0.15, -0.1) is 0 Å². The molecule has 0 amide bonds. The molecular weight excluding hydrogens is 252 g/mol. The van der Waals surface area contributed by atoms with Crippen molar-refractivity contribution in [1.82, 2.24) is 5.32 Å². The van der Waals surface area contributed by atoms with Gasteiger partial charge in [-0.2, -0.15) is 0 Å². The van der Waals surface area contributed by atoms with Crippen LogP contribution in [0.5, 0.6) is 0 Å². The average molecular weight is 267 g/mol. The maximum Gasteiger partial charge on any atom is 0.274 e. The summed E-state index contributed by atoms with van der Waals surface area (Å²) in [7, 11) is 0. The third kappa shape index (κ3) is 2.89. The zero-order valence-corrected chi connectivity index (χ0v) is 11.0. The zero-order chi connectivity index (χ0) is 13.1. The van der Waals surface area contributed by atoms with Gasteiger partial charge in [-0.05, 0) is 44.5 Å². The van der Waals surface area contributed by atoms with Gasteiger partial charge < -0.3 is 5.32 Å². The second kappa shape index (κ2) is 5.50. The topological polar surface area (TPSA) is 55.2 Å². The molecule has 1 saturated heterocycles. The molecule has 2 rings (SSSR count). The lowest BCUT2D eigenvalue weighted by Gasteiger charge is -2.15. The Labute approximate surface area is 111 Å². The Hall–Kier alpha value is -1.39. The van der Waals surface area contributed by atoms with Gasteiger partial charge in [-0.3, -0.25) is 10.1 Å². The third-order valence-electron chi connectivity index (χ3n) is 3.19. The average Bonchev–Trinajstić information content (AvgIpc) is 2.34. The first kappa shape index (κ1) is 13.1. The first-order valence-electron chi connectivity index (χ1n) is 5.92. The van der Waals surface area contributed by atoms with Crippen molar-refractivity contribution in [2.24, 2.45) is 0 Å². The number of rotatable bonds is 2. The van der Waals surface area contributed by atoms with E-state index >= 15 is 0 Å². The molecular formula is C13H15ClN2O2. The molecule has 0 atom stereocenters. The standard InChI is InChI=1S/C13H15ClN2O2/c1-9-11(6-10-2-4-15-5-3-10)7-12(14)8-13(9)16(17)18/h6-8,15H,2-5H2,1H3. The molecule has 1 heterocycles. The van der Waals surface area contributed by atoms with Crippen LogP contribution >= 0.6 is 11.6 Å². The van der Waals surface area contributed by atoms with Crippen molar-refractivity contribution in [2.75, 3.05) is 13.1 Å². The SMILES string of the molecule is Cc1c(C=C2CCNCC2)cc(Cl)cc1[N+](=O)[O-]. The molecule has 0 unspecified atom stereocenters. The Balaban J connectivity index is 2.40. The lowest BCUT2D eigenvalue weighted by atomic mass is 9.99. The van der Waals surface area contributed by atoms with E-state index in [1.165, 1.54) is 11.6 Å². The summed E-state index contributed by atoms with van der Waals surface area (Å²) in [6.45, 7) is 3.70. The van der Waals surface area contributed by atoms with Crippen LogP contribution in [0.4, 0.5) is 5.69 Å². The van der Waals surface area contributed by atoms with E-state index in [1.54, 1.807) is 13.0 Å². The summed E-state index contributed by atoms with van der Waals surface area (Å²) in [6, 6.07) is 3.19. The fraction of sp³-hybridized carbons (Fsp3) is 0.385. The monoisotopic (exact) mass is 266 g/mol. The number of hydrogen-bond donors (Lipinski definition) is 1. The minimum Gasteiger partial charge on any atom is -0.316 e. The molecule has 5 heteroatoms. The van der Waals surface area contributed by atoms with E-state index in [2.05, 4.69) is 5.32 Å². The molecule has 1 aromatic carbocycles. The van der Waals surface area contributed by atoms with Crippen molar-refractivity contribution in [3.05, 3.63) is 44.0 Å². The van der Waals surface area contributed by atoms with Crippen LogP contribution in [0.3, 0.4) is 0 Å². The highest BCUT2D eigenvalue weighted by molar-refractivity contribution is 6.31. The quantitative estimate of drug-likeness (QED) is 0.660. The Kier molecular flexibility index (Phi) is 3.99. The molecule has 0 saturated carbocycles. The first-order valence-corrected chi connectivity index (χ1v) is 6.30. The van der Waals surface area contributed by atoms with E-state index in [-0.39, 0.29) is 10.6 Å². The van der Waals surface area contributed by atoms with Crippen LogP contribution in [0, 0.1) is 17.0 Å². The first-order chi connectivity index (χ1) is 8.58. The van der Waals surface area contributed by atoms with Crippen LogP contribution in [0.1, 0.15) is 24.0 Å². The van der Waals surface area contributed by atoms with Gasteiger partial charge in [0.25, 0.3) is 5.69 Å². The van der Waals surface area contributed by atoms with Gasteiger partial charge in [0.1, 0.15) is 0 Å². The number of nitrogens with zero attached hydrogens (tertiary/aromatic N) is 1. The van der Waals surface area contributed by atoms with Crippen molar-refractivity contribution in [2.45, 2.75) is 19.8 Å². The number of hydrogen-bond acceptors (Lipinski definition) is 3. The Morgan fingerprint density at radius 1 is 1.39 bits per heavy atom. The fourth-order valence-corrected chi connectivity index (χ4v) is 2.36. The summed E-state index contributed by atoms with van der Waals surface area (Å²) in [6.07, 6.45) is 4.01. The van der Waals surface area contributed by atoms with E-state index in [1.807, 2.05) is 6.08 Å². The lowest BCUT2D eigenvalue weighted by molar-refractivity contribution is -0.385. The largest absolute Gasteiger partial charge is 0.316 e. The Bertz CT molecular complexity index is 504. The Morgan fingerprint density at radius 3 is 2.67 bits per heavy atom. The van der Waals surface area contributed by atoms with E-state index < -0.39 is 0 Å². The van der Waals surface area contributed by atoms with E-state index in [0.29, 0.717) is 10.6 Å². The smallest absolute Gasteiger partial charge is 0.274 e. The predicted molar refractivity (Wildman–Crippen MR) is 72.9 cm³/mol. The molecule has 18 heavy (non-hydrogen) atoms. The second-order valence-electron chi connectivity index (χ2n) is 4.45. The van der Waals surface area contributed by atoms with Gasteiger partial charge in [0.05, 0.1) is 4.92 Å². The molecule has 0 aromatic heterocycles. The number of benzene rings is 1. The molecule has 1 aliphatic rings. The molecule has 0 bridgehead atoms. The van der Waals surface area contributed by atoms with Crippen molar-refractivity contribution in [3.8, 4) is 0 Å². The van der Waals surface area contributed by atoms with Crippen LogP contribution in [0.2, 0.25) is 5.02 Å². The molecule has 0 aliphatic carbocycles. The molecule has 0 spiro atoms. The number of nitro groups is 1. The van der Waals surface area contributed by atoms with Crippen LogP contribution < -0.4 is 5.32 Å². The minimum atomic E-state index is -0.383. The summed E-state index contributed by atoms with van der Waals surface area (Å²) in [5.41, 5.74) is 2.93. The molecule has 1 fully saturated rings. The lowest BCUT2D eigenvalue weighted by Crippen LogP contribution is -2.22. The highest BCUT2D eigenvalue weighted by Gasteiger charge is 2.15. The summed E-state index contributed by atoms with van der Waals surface area (Å²) in [5, 5.41) is 14.6. The molecule has 0 radical (unpaired) electrons. The molecule has 1 N–H and O–H groups in total. The Morgan fingerprint density at radius 2 is 2.06 bits per heavy atom. The maximum absolute atomic E-state index is 10.9. The van der Waals surface area contributed by atoms with Crippen LogP contribution in [-0.4, -0.2) is 18.0 Å². The van der Waals surface area contributed by atoms with Crippen molar-refractivity contribution in [3.63, 3.8) is 0 Å². The number of halogens is 1. The summed E-state index contributed by atoms with van der Waals surface area (Å²) in [4.78, 5) is 10.6.